The van der Waals surface area contributed by atoms with Gasteiger partial charge in [-0.25, -0.2) is 0 Å². The van der Waals surface area contributed by atoms with Crippen molar-refractivity contribution in [1.29, 1.82) is 0 Å². The van der Waals surface area contributed by atoms with E-state index in [1.165, 1.54) is 17.4 Å². The Morgan fingerprint density at radius 3 is 3.06 bits per heavy atom. The molecule has 1 atom stereocenters. The van der Waals surface area contributed by atoms with Gasteiger partial charge in [-0.05, 0) is 37.0 Å². The molecule has 1 N–H and O–H groups in total. The number of benzene rings is 1. The summed E-state index contributed by atoms with van der Waals surface area (Å²) in [5, 5.41) is 9.25. The van der Waals surface area contributed by atoms with Gasteiger partial charge in [0.05, 0.1) is 6.61 Å². The van der Waals surface area contributed by atoms with Gasteiger partial charge < -0.3 is 14.7 Å². The Kier molecular flexibility index (Phi) is 3.87. The highest BCUT2D eigenvalue weighted by atomic mass is 16.5. The number of amides is 1. The minimum Gasteiger partial charge on any atom is -0.493 e. The number of aryl methyl sites for hydroxylation is 1. The Balaban J connectivity index is 2.08. The molecular formula is C14H19NO3. The molecule has 1 amide bonds. The van der Waals surface area contributed by atoms with E-state index >= 15 is 0 Å². The molecule has 0 spiro atoms. The Morgan fingerprint density at radius 1 is 1.56 bits per heavy atom. The zero-order chi connectivity index (χ0) is 13.1. The fourth-order valence-corrected chi connectivity index (χ4v) is 2.18. The molecule has 0 aliphatic carbocycles. The highest BCUT2D eigenvalue weighted by Gasteiger charge is 2.16. The predicted octanol–water partition coefficient (Wildman–Crippen LogP) is 1.35. The van der Waals surface area contributed by atoms with Crippen LogP contribution in [0.25, 0.3) is 0 Å². The second-order valence-electron chi connectivity index (χ2n) is 4.76. The highest BCUT2D eigenvalue weighted by molar-refractivity contribution is 5.79. The van der Waals surface area contributed by atoms with Crippen molar-refractivity contribution in [1.82, 2.24) is 4.90 Å². The van der Waals surface area contributed by atoms with Crippen molar-refractivity contribution < 1.29 is 14.6 Å². The number of ether oxygens (including phenoxy) is 1. The maximum atomic E-state index is 11.6. The van der Waals surface area contributed by atoms with E-state index in [1.54, 1.807) is 7.05 Å². The zero-order valence-corrected chi connectivity index (χ0v) is 10.8. The largest absolute Gasteiger partial charge is 0.493 e. The second-order valence-corrected chi connectivity index (χ2v) is 4.76. The number of hydrogen-bond acceptors (Lipinski definition) is 3. The third kappa shape index (κ3) is 2.82. The summed E-state index contributed by atoms with van der Waals surface area (Å²) in [4.78, 5) is 13.1. The standard InChI is InChI=1S/C14H19NO3/c1-10(16)14(17)15(2)9-11-5-6-13-12(8-11)4-3-7-18-13/h5-6,8,10,16H,3-4,7,9H2,1-2H3. The van der Waals surface area contributed by atoms with Crippen molar-refractivity contribution in [3.05, 3.63) is 29.3 Å². The van der Waals surface area contributed by atoms with Crippen molar-refractivity contribution in [2.75, 3.05) is 13.7 Å². The molecule has 1 unspecified atom stereocenters. The van der Waals surface area contributed by atoms with Gasteiger partial charge in [0.2, 0.25) is 0 Å². The molecule has 0 radical (unpaired) electrons. The topological polar surface area (TPSA) is 49.8 Å². The number of likely N-dealkylation sites (N-methyl/N-ethyl adjacent to an activating group) is 1. The normalized spacial score (nSPS) is 15.5. The summed E-state index contributed by atoms with van der Waals surface area (Å²) < 4.78 is 5.55. The van der Waals surface area contributed by atoms with Gasteiger partial charge in [-0.15, -0.1) is 0 Å². The first kappa shape index (κ1) is 12.9. The first-order chi connectivity index (χ1) is 8.58. The van der Waals surface area contributed by atoms with Gasteiger partial charge in [0.25, 0.3) is 5.91 Å². The first-order valence-electron chi connectivity index (χ1n) is 6.25. The van der Waals surface area contributed by atoms with Crippen LogP contribution in [0.15, 0.2) is 18.2 Å². The van der Waals surface area contributed by atoms with Crippen LogP contribution in [0.2, 0.25) is 0 Å². The molecule has 0 fully saturated rings. The number of carbonyl (C=O) groups is 1. The van der Waals surface area contributed by atoms with Crippen molar-refractivity contribution in [3.63, 3.8) is 0 Å². The van der Waals surface area contributed by atoms with Crippen molar-refractivity contribution >= 4 is 5.91 Å². The average Bonchev–Trinajstić information content (AvgIpc) is 2.37. The second kappa shape index (κ2) is 5.40. The van der Waals surface area contributed by atoms with Crippen LogP contribution in [0.5, 0.6) is 5.75 Å². The van der Waals surface area contributed by atoms with E-state index in [9.17, 15) is 9.90 Å². The van der Waals surface area contributed by atoms with E-state index in [0.717, 1.165) is 30.8 Å². The van der Waals surface area contributed by atoms with E-state index < -0.39 is 6.10 Å². The van der Waals surface area contributed by atoms with Crippen LogP contribution in [0.3, 0.4) is 0 Å². The van der Waals surface area contributed by atoms with Crippen LogP contribution < -0.4 is 4.74 Å². The minimum absolute atomic E-state index is 0.260. The molecule has 0 aromatic heterocycles. The number of rotatable bonds is 3. The minimum atomic E-state index is -0.948. The Hall–Kier alpha value is -1.55. The number of nitrogens with zero attached hydrogens (tertiary/aromatic N) is 1. The van der Waals surface area contributed by atoms with Gasteiger partial charge in [-0.3, -0.25) is 4.79 Å². The van der Waals surface area contributed by atoms with Crippen LogP contribution in [-0.4, -0.2) is 35.7 Å². The lowest BCUT2D eigenvalue weighted by molar-refractivity contribution is -0.138. The first-order valence-corrected chi connectivity index (χ1v) is 6.25. The maximum Gasteiger partial charge on any atom is 0.251 e. The highest BCUT2D eigenvalue weighted by Crippen LogP contribution is 2.25. The summed E-state index contributed by atoms with van der Waals surface area (Å²) in [6.45, 7) is 2.78. The lowest BCUT2D eigenvalue weighted by Gasteiger charge is -2.21. The fourth-order valence-electron chi connectivity index (χ4n) is 2.18. The molecular weight excluding hydrogens is 230 g/mol. The lowest BCUT2D eigenvalue weighted by Crippen LogP contribution is -2.34. The molecule has 4 heteroatoms. The summed E-state index contributed by atoms with van der Waals surface area (Å²) in [6, 6.07) is 6.01. The molecule has 98 valence electrons. The van der Waals surface area contributed by atoms with Gasteiger partial charge in [-0.1, -0.05) is 12.1 Å². The van der Waals surface area contributed by atoms with Crippen LogP contribution >= 0.6 is 0 Å². The van der Waals surface area contributed by atoms with Gasteiger partial charge in [0, 0.05) is 13.6 Å². The van der Waals surface area contributed by atoms with Crippen LogP contribution in [0.1, 0.15) is 24.5 Å². The molecule has 1 aromatic rings. The van der Waals surface area contributed by atoms with Gasteiger partial charge in [-0.2, -0.15) is 0 Å². The maximum absolute atomic E-state index is 11.6. The fraction of sp³-hybridized carbons (Fsp3) is 0.500. The van der Waals surface area contributed by atoms with Crippen molar-refractivity contribution in [2.24, 2.45) is 0 Å². The molecule has 1 aromatic carbocycles. The lowest BCUT2D eigenvalue weighted by atomic mass is 10.0. The zero-order valence-electron chi connectivity index (χ0n) is 10.8. The van der Waals surface area contributed by atoms with Gasteiger partial charge in [0.1, 0.15) is 11.9 Å². The number of aliphatic hydroxyl groups is 1. The third-order valence-corrected chi connectivity index (χ3v) is 3.13. The third-order valence-electron chi connectivity index (χ3n) is 3.13. The quantitative estimate of drug-likeness (QED) is 0.879. The van der Waals surface area contributed by atoms with Crippen molar-refractivity contribution in [2.45, 2.75) is 32.4 Å². The number of carbonyl (C=O) groups excluding carboxylic acids is 1. The van der Waals surface area contributed by atoms with Crippen LogP contribution in [0.4, 0.5) is 0 Å². The monoisotopic (exact) mass is 249 g/mol. The molecule has 1 heterocycles. The smallest absolute Gasteiger partial charge is 0.251 e. The predicted molar refractivity (Wildman–Crippen MR) is 68.4 cm³/mol. The Labute approximate surface area is 107 Å². The van der Waals surface area contributed by atoms with Gasteiger partial charge >= 0.3 is 0 Å². The number of fused-ring (bicyclic) bond motifs is 1. The molecule has 1 aliphatic heterocycles. The molecule has 1 aliphatic rings. The molecule has 0 saturated heterocycles. The van der Waals surface area contributed by atoms with E-state index in [-0.39, 0.29) is 5.91 Å². The van der Waals surface area contributed by atoms with Crippen LogP contribution in [-0.2, 0) is 17.8 Å². The van der Waals surface area contributed by atoms with E-state index in [4.69, 9.17) is 4.74 Å². The SMILES string of the molecule is CC(O)C(=O)N(C)Cc1ccc2c(c1)CCCO2. The molecule has 0 saturated carbocycles. The summed E-state index contributed by atoms with van der Waals surface area (Å²) in [6.07, 6.45) is 1.12. The van der Waals surface area contributed by atoms with Crippen LogP contribution in [0, 0.1) is 0 Å². The van der Waals surface area contributed by atoms with E-state index in [0.29, 0.717) is 6.54 Å². The summed E-state index contributed by atoms with van der Waals surface area (Å²) in [5.74, 6) is 0.693. The van der Waals surface area contributed by atoms with Gasteiger partial charge in [0.15, 0.2) is 0 Å². The molecule has 18 heavy (non-hydrogen) atoms. The van der Waals surface area contributed by atoms with Crippen molar-refractivity contribution in [3.8, 4) is 5.75 Å². The Bertz CT molecular complexity index is 443. The van der Waals surface area contributed by atoms with E-state index in [1.807, 2.05) is 12.1 Å². The molecule has 4 nitrogen and oxygen atoms in total. The van der Waals surface area contributed by atoms with E-state index in [2.05, 4.69) is 6.07 Å². The average molecular weight is 249 g/mol. The summed E-state index contributed by atoms with van der Waals surface area (Å²) in [7, 11) is 1.70. The Morgan fingerprint density at radius 2 is 2.33 bits per heavy atom. The number of hydrogen-bond donors (Lipinski definition) is 1. The molecule has 0 bridgehead atoms. The number of aliphatic hydroxyl groups excluding tert-OH is 1. The summed E-state index contributed by atoms with van der Waals surface area (Å²) >= 11 is 0. The molecule has 2 rings (SSSR count). The summed E-state index contributed by atoms with van der Waals surface area (Å²) in [5.41, 5.74) is 2.27.